The van der Waals surface area contributed by atoms with Gasteiger partial charge in [-0.3, -0.25) is 4.79 Å². The standard InChI is InChI=1S/C20H22F2N2O2/c1-12-7-13(20(23)25)4-5-16(12)14-8-18(21)17(19(22)9-14)11-24-10-15-3-2-6-26-15/h4-5,7-9,15,24H,2-3,6,10-11H2,1H3,(H2,23,25)/t15-/m0/s1. The SMILES string of the molecule is Cc1cc(C(N)=O)ccc1-c1cc(F)c(CNC[C@@H]2CCCO2)c(F)c1. The van der Waals surface area contributed by atoms with Crippen LogP contribution < -0.4 is 11.1 Å². The van der Waals surface area contributed by atoms with Crippen molar-refractivity contribution >= 4 is 5.91 Å². The van der Waals surface area contributed by atoms with E-state index in [1.807, 2.05) is 0 Å². The summed E-state index contributed by atoms with van der Waals surface area (Å²) in [7, 11) is 0. The number of nitrogens with one attached hydrogen (secondary N) is 1. The number of hydrogen-bond acceptors (Lipinski definition) is 3. The number of aryl methyl sites for hydroxylation is 1. The van der Waals surface area contributed by atoms with Gasteiger partial charge in [0.05, 0.1) is 6.10 Å². The topological polar surface area (TPSA) is 64.4 Å². The molecule has 0 aliphatic carbocycles. The van der Waals surface area contributed by atoms with E-state index >= 15 is 0 Å². The van der Waals surface area contributed by atoms with Crippen molar-refractivity contribution in [1.29, 1.82) is 0 Å². The fourth-order valence-corrected chi connectivity index (χ4v) is 3.23. The van der Waals surface area contributed by atoms with Crippen molar-refractivity contribution in [3.05, 3.63) is 58.7 Å². The van der Waals surface area contributed by atoms with Gasteiger partial charge in [-0.1, -0.05) is 6.07 Å². The van der Waals surface area contributed by atoms with Crippen LogP contribution in [-0.4, -0.2) is 25.2 Å². The largest absolute Gasteiger partial charge is 0.377 e. The third-order valence-corrected chi connectivity index (χ3v) is 4.66. The minimum absolute atomic E-state index is 0.0122. The highest BCUT2D eigenvalue weighted by molar-refractivity contribution is 5.93. The highest BCUT2D eigenvalue weighted by Crippen LogP contribution is 2.28. The van der Waals surface area contributed by atoms with Crippen molar-refractivity contribution in [3.8, 4) is 11.1 Å². The Morgan fingerprint density at radius 3 is 2.58 bits per heavy atom. The Morgan fingerprint density at radius 2 is 2.00 bits per heavy atom. The first-order valence-corrected chi connectivity index (χ1v) is 8.67. The molecule has 1 aliphatic heterocycles. The van der Waals surface area contributed by atoms with Gasteiger partial charge in [-0.2, -0.15) is 0 Å². The highest BCUT2D eigenvalue weighted by Gasteiger charge is 2.17. The number of nitrogens with two attached hydrogens (primary N) is 1. The van der Waals surface area contributed by atoms with Crippen LogP contribution in [0.5, 0.6) is 0 Å². The number of carbonyl (C=O) groups excluding carboxylic acids is 1. The zero-order valence-corrected chi connectivity index (χ0v) is 14.6. The molecule has 1 heterocycles. The molecule has 138 valence electrons. The van der Waals surface area contributed by atoms with Gasteiger partial charge in [0.25, 0.3) is 0 Å². The molecule has 2 aromatic carbocycles. The zero-order chi connectivity index (χ0) is 18.7. The molecule has 0 unspecified atom stereocenters. The summed E-state index contributed by atoms with van der Waals surface area (Å²) in [5.74, 6) is -1.74. The van der Waals surface area contributed by atoms with Crippen LogP contribution >= 0.6 is 0 Å². The van der Waals surface area contributed by atoms with E-state index < -0.39 is 17.5 Å². The molecule has 1 aliphatic rings. The molecular formula is C20H22F2N2O2. The third-order valence-electron chi connectivity index (χ3n) is 4.66. The molecule has 26 heavy (non-hydrogen) atoms. The summed E-state index contributed by atoms with van der Waals surface area (Å²) in [5, 5.41) is 3.06. The smallest absolute Gasteiger partial charge is 0.248 e. The monoisotopic (exact) mass is 360 g/mol. The van der Waals surface area contributed by atoms with Gasteiger partial charge in [-0.15, -0.1) is 0 Å². The Labute approximate surface area is 151 Å². The first kappa shape index (κ1) is 18.5. The summed E-state index contributed by atoms with van der Waals surface area (Å²) in [4.78, 5) is 11.2. The summed E-state index contributed by atoms with van der Waals surface area (Å²) in [6, 6.07) is 7.46. The minimum Gasteiger partial charge on any atom is -0.377 e. The molecule has 1 fully saturated rings. The number of rotatable bonds is 6. The molecule has 4 nitrogen and oxygen atoms in total. The van der Waals surface area contributed by atoms with E-state index in [1.54, 1.807) is 25.1 Å². The van der Waals surface area contributed by atoms with Gasteiger partial charge in [0.1, 0.15) is 11.6 Å². The second-order valence-corrected chi connectivity index (χ2v) is 6.58. The van der Waals surface area contributed by atoms with E-state index in [4.69, 9.17) is 10.5 Å². The molecule has 0 saturated carbocycles. The van der Waals surface area contributed by atoms with Crippen LogP contribution in [0, 0.1) is 18.6 Å². The fourth-order valence-electron chi connectivity index (χ4n) is 3.23. The third kappa shape index (κ3) is 4.08. The Balaban J connectivity index is 1.77. The number of benzene rings is 2. The quantitative estimate of drug-likeness (QED) is 0.831. The normalized spacial score (nSPS) is 16.8. The van der Waals surface area contributed by atoms with Crippen molar-refractivity contribution < 1.29 is 18.3 Å². The van der Waals surface area contributed by atoms with Crippen molar-refractivity contribution in [2.45, 2.75) is 32.4 Å². The second-order valence-electron chi connectivity index (χ2n) is 6.58. The van der Waals surface area contributed by atoms with E-state index in [-0.39, 0.29) is 18.2 Å². The van der Waals surface area contributed by atoms with Gasteiger partial charge in [-0.05, 0) is 60.7 Å². The lowest BCUT2D eigenvalue weighted by atomic mass is 9.97. The summed E-state index contributed by atoms with van der Waals surface area (Å²) in [6.07, 6.45) is 2.11. The first-order valence-electron chi connectivity index (χ1n) is 8.67. The summed E-state index contributed by atoms with van der Waals surface area (Å²) in [5.41, 5.74) is 7.44. The van der Waals surface area contributed by atoms with Crippen LogP contribution in [0.15, 0.2) is 30.3 Å². The van der Waals surface area contributed by atoms with Crippen LogP contribution in [0.25, 0.3) is 11.1 Å². The average Bonchev–Trinajstić information content (AvgIpc) is 3.10. The lowest BCUT2D eigenvalue weighted by Crippen LogP contribution is -2.26. The zero-order valence-electron chi connectivity index (χ0n) is 14.6. The van der Waals surface area contributed by atoms with Crippen molar-refractivity contribution in [2.24, 2.45) is 5.73 Å². The van der Waals surface area contributed by atoms with E-state index in [0.717, 1.165) is 25.0 Å². The second kappa shape index (κ2) is 7.93. The molecule has 6 heteroatoms. The van der Waals surface area contributed by atoms with Crippen LogP contribution in [0.1, 0.15) is 34.3 Å². The molecule has 1 amide bonds. The minimum atomic E-state index is -0.599. The average molecular weight is 360 g/mol. The Hall–Kier alpha value is -2.31. The van der Waals surface area contributed by atoms with Crippen molar-refractivity contribution in [1.82, 2.24) is 5.32 Å². The van der Waals surface area contributed by atoms with Gasteiger partial charge in [0.2, 0.25) is 5.91 Å². The number of halogens is 2. The molecular weight excluding hydrogens is 338 g/mol. The maximum atomic E-state index is 14.5. The van der Waals surface area contributed by atoms with E-state index in [9.17, 15) is 13.6 Å². The lowest BCUT2D eigenvalue weighted by Gasteiger charge is -2.13. The Kier molecular flexibility index (Phi) is 5.64. The van der Waals surface area contributed by atoms with Crippen LogP contribution in [0.4, 0.5) is 8.78 Å². The number of amides is 1. The lowest BCUT2D eigenvalue weighted by molar-refractivity contribution is 0.1000. The molecule has 0 spiro atoms. The number of primary amides is 1. The molecule has 1 atom stereocenters. The molecule has 3 N–H and O–H groups in total. The molecule has 1 saturated heterocycles. The van der Waals surface area contributed by atoms with E-state index in [2.05, 4.69) is 5.32 Å². The molecule has 0 bridgehead atoms. The summed E-state index contributed by atoms with van der Waals surface area (Å²) < 4.78 is 34.4. The van der Waals surface area contributed by atoms with Gasteiger partial charge < -0.3 is 15.8 Å². The van der Waals surface area contributed by atoms with Crippen LogP contribution in [0.2, 0.25) is 0 Å². The van der Waals surface area contributed by atoms with Crippen molar-refractivity contribution in [2.75, 3.05) is 13.2 Å². The predicted octanol–water partition coefficient (Wildman–Crippen LogP) is 3.31. The maximum Gasteiger partial charge on any atom is 0.248 e. The van der Waals surface area contributed by atoms with Gasteiger partial charge in [-0.25, -0.2) is 8.78 Å². The Bertz CT molecular complexity index is 794. The summed E-state index contributed by atoms with van der Waals surface area (Å²) >= 11 is 0. The van der Waals surface area contributed by atoms with Crippen LogP contribution in [0.3, 0.4) is 0 Å². The molecule has 3 rings (SSSR count). The first-order chi connectivity index (χ1) is 12.5. The molecule has 0 aromatic heterocycles. The number of ether oxygens (including phenoxy) is 1. The van der Waals surface area contributed by atoms with E-state index in [1.165, 1.54) is 12.1 Å². The Morgan fingerprint density at radius 1 is 1.27 bits per heavy atom. The van der Waals surface area contributed by atoms with Gasteiger partial charge in [0.15, 0.2) is 0 Å². The van der Waals surface area contributed by atoms with Crippen LogP contribution in [-0.2, 0) is 11.3 Å². The maximum absolute atomic E-state index is 14.5. The molecule has 0 radical (unpaired) electrons. The van der Waals surface area contributed by atoms with Gasteiger partial charge >= 0.3 is 0 Å². The highest BCUT2D eigenvalue weighted by atomic mass is 19.1. The summed E-state index contributed by atoms with van der Waals surface area (Å²) in [6.45, 7) is 3.21. The van der Waals surface area contributed by atoms with Gasteiger partial charge in [0, 0.05) is 30.8 Å². The van der Waals surface area contributed by atoms with E-state index in [0.29, 0.717) is 23.2 Å². The van der Waals surface area contributed by atoms with Crippen molar-refractivity contribution in [3.63, 3.8) is 0 Å². The number of hydrogen-bond donors (Lipinski definition) is 2. The molecule has 2 aromatic rings. The predicted molar refractivity (Wildman–Crippen MR) is 95.7 cm³/mol. The number of carbonyl (C=O) groups is 1. The fraction of sp³-hybridized carbons (Fsp3) is 0.350.